The summed E-state index contributed by atoms with van der Waals surface area (Å²) in [6, 6.07) is 0. The van der Waals surface area contributed by atoms with Crippen molar-refractivity contribution in [1.29, 1.82) is 0 Å². The van der Waals surface area contributed by atoms with Gasteiger partial charge in [-0.25, -0.2) is 0 Å². The fraction of sp³-hybridized carbons (Fsp3) is 1.00. The van der Waals surface area contributed by atoms with Gasteiger partial charge in [0.25, 0.3) is 0 Å². The van der Waals surface area contributed by atoms with Crippen molar-refractivity contribution in [2.24, 2.45) is 17.6 Å². The molecule has 1 unspecified atom stereocenters. The zero-order valence-electron chi connectivity index (χ0n) is 10.2. The highest BCUT2D eigenvalue weighted by molar-refractivity contribution is 4.66. The molecule has 0 rings (SSSR count). The summed E-state index contributed by atoms with van der Waals surface area (Å²) in [6.45, 7) is 8.57. The molecule has 0 aliphatic heterocycles. The molecule has 0 aliphatic rings. The van der Waals surface area contributed by atoms with Gasteiger partial charge in [-0.15, -0.1) is 0 Å². The van der Waals surface area contributed by atoms with Crippen LogP contribution in [-0.4, -0.2) is 45.2 Å². The third-order valence-corrected chi connectivity index (χ3v) is 2.61. The summed E-state index contributed by atoms with van der Waals surface area (Å²) in [5.74, 6) is 1.30. The molecule has 0 radical (unpaired) electrons. The summed E-state index contributed by atoms with van der Waals surface area (Å²) in [5, 5.41) is 3.47. The number of nitrogens with one attached hydrogen (secondary N) is 1. The van der Waals surface area contributed by atoms with Gasteiger partial charge in [-0.05, 0) is 58.5 Å². The van der Waals surface area contributed by atoms with E-state index in [9.17, 15) is 0 Å². The summed E-state index contributed by atoms with van der Waals surface area (Å²) in [7, 11) is 4.22. The van der Waals surface area contributed by atoms with Crippen LogP contribution in [-0.2, 0) is 0 Å². The number of nitrogens with two attached hydrogens (primary N) is 1. The van der Waals surface area contributed by atoms with Crippen molar-refractivity contribution < 1.29 is 0 Å². The van der Waals surface area contributed by atoms with Crippen LogP contribution in [0.15, 0.2) is 0 Å². The van der Waals surface area contributed by atoms with Gasteiger partial charge in [0.05, 0.1) is 0 Å². The Balaban J connectivity index is 3.33. The lowest BCUT2D eigenvalue weighted by atomic mass is 9.96. The fourth-order valence-corrected chi connectivity index (χ4v) is 1.40. The maximum atomic E-state index is 5.69. The van der Waals surface area contributed by atoms with Crippen LogP contribution >= 0.6 is 0 Å². The first-order chi connectivity index (χ1) is 6.57. The first kappa shape index (κ1) is 13.9. The van der Waals surface area contributed by atoms with E-state index in [-0.39, 0.29) is 0 Å². The fourth-order valence-electron chi connectivity index (χ4n) is 1.40. The Kier molecular flexibility index (Phi) is 8.14. The number of hydrogen-bond acceptors (Lipinski definition) is 3. The molecule has 0 spiro atoms. The summed E-state index contributed by atoms with van der Waals surface area (Å²) >= 11 is 0. The molecular formula is C11H27N3. The van der Waals surface area contributed by atoms with Crippen molar-refractivity contribution in [3.63, 3.8) is 0 Å². The third kappa shape index (κ3) is 7.30. The molecular weight excluding hydrogens is 174 g/mol. The molecule has 0 saturated heterocycles. The quantitative estimate of drug-likeness (QED) is 0.570. The van der Waals surface area contributed by atoms with Crippen LogP contribution < -0.4 is 11.1 Å². The van der Waals surface area contributed by atoms with Crippen molar-refractivity contribution in [2.45, 2.75) is 20.3 Å². The number of rotatable bonds is 8. The van der Waals surface area contributed by atoms with Crippen LogP contribution in [0.4, 0.5) is 0 Å². The number of hydrogen-bond donors (Lipinski definition) is 2. The van der Waals surface area contributed by atoms with E-state index < -0.39 is 0 Å². The molecule has 0 aliphatic carbocycles. The Morgan fingerprint density at radius 1 is 1.29 bits per heavy atom. The maximum Gasteiger partial charge on any atom is -0.000600 e. The first-order valence-corrected chi connectivity index (χ1v) is 5.63. The van der Waals surface area contributed by atoms with E-state index in [0.29, 0.717) is 11.8 Å². The second-order valence-corrected chi connectivity index (χ2v) is 4.60. The SMILES string of the molecule is CC(C)C(CN)CNCCCN(C)C. The van der Waals surface area contributed by atoms with Crippen LogP contribution in [0.1, 0.15) is 20.3 Å². The molecule has 86 valence electrons. The van der Waals surface area contributed by atoms with Gasteiger partial charge < -0.3 is 16.0 Å². The van der Waals surface area contributed by atoms with E-state index in [1.165, 1.54) is 6.42 Å². The highest BCUT2D eigenvalue weighted by Gasteiger charge is 2.09. The minimum atomic E-state index is 0.620. The van der Waals surface area contributed by atoms with E-state index in [1.807, 2.05) is 0 Å². The molecule has 0 amide bonds. The van der Waals surface area contributed by atoms with Crippen molar-refractivity contribution >= 4 is 0 Å². The predicted octanol–water partition coefficient (Wildman–Crippen LogP) is 0.759. The molecule has 0 bridgehead atoms. The molecule has 3 heteroatoms. The van der Waals surface area contributed by atoms with Crippen molar-refractivity contribution in [3.05, 3.63) is 0 Å². The van der Waals surface area contributed by atoms with Gasteiger partial charge in [-0.1, -0.05) is 13.8 Å². The molecule has 0 saturated carbocycles. The molecule has 0 aromatic carbocycles. The van der Waals surface area contributed by atoms with Crippen molar-refractivity contribution in [2.75, 3.05) is 40.3 Å². The predicted molar refractivity (Wildman–Crippen MR) is 63.4 cm³/mol. The summed E-state index contributed by atoms with van der Waals surface area (Å²) in [6.07, 6.45) is 1.21. The monoisotopic (exact) mass is 201 g/mol. The van der Waals surface area contributed by atoms with Gasteiger partial charge in [0, 0.05) is 0 Å². The van der Waals surface area contributed by atoms with Crippen molar-refractivity contribution in [3.8, 4) is 0 Å². The Hall–Kier alpha value is -0.120. The Morgan fingerprint density at radius 2 is 1.93 bits per heavy atom. The van der Waals surface area contributed by atoms with E-state index in [2.05, 4.69) is 38.2 Å². The minimum absolute atomic E-state index is 0.620. The molecule has 3 nitrogen and oxygen atoms in total. The average Bonchev–Trinajstić information content (AvgIpc) is 2.10. The Morgan fingerprint density at radius 3 is 2.36 bits per heavy atom. The zero-order chi connectivity index (χ0) is 11.0. The van der Waals surface area contributed by atoms with E-state index in [1.54, 1.807) is 0 Å². The van der Waals surface area contributed by atoms with Crippen LogP contribution in [0.25, 0.3) is 0 Å². The molecule has 0 aromatic rings. The van der Waals surface area contributed by atoms with Gasteiger partial charge in [0.15, 0.2) is 0 Å². The topological polar surface area (TPSA) is 41.3 Å². The smallest absolute Gasteiger partial charge is 0.000600 e. The van der Waals surface area contributed by atoms with Gasteiger partial charge in [-0.3, -0.25) is 0 Å². The second-order valence-electron chi connectivity index (χ2n) is 4.60. The number of nitrogens with zero attached hydrogens (tertiary/aromatic N) is 1. The molecule has 0 fully saturated rings. The van der Waals surface area contributed by atoms with E-state index >= 15 is 0 Å². The molecule has 1 atom stereocenters. The lowest BCUT2D eigenvalue weighted by Gasteiger charge is -2.19. The second kappa shape index (κ2) is 8.21. The van der Waals surface area contributed by atoms with E-state index in [0.717, 1.165) is 26.2 Å². The summed E-state index contributed by atoms with van der Waals surface area (Å²) in [4.78, 5) is 2.21. The Labute approximate surface area is 89.0 Å². The first-order valence-electron chi connectivity index (χ1n) is 5.63. The normalized spacial score (nSPS) is 13.9. The minimum Gasteiger partial charge on any atom is -0.330 e. The Bertz CT molecular complexity index is 124. The molecule has 14 heavy (non-hydrogen) atoms. The van der Waals surface area contributed by atoms with E-state index in [4.69, 9.17) is 5.73 Å². The summed E-state index contributed by atoms with van der Waals surface area (Å²) in [5.41, 5.74) is 5.69. The summed E-state index contributed by atoms with van der Waals surface area (Å²) < 4.78 is 0. The lowest BCUT2D eigenvalue weighted by molar-refractivity contribution is 0.356. The molecule has 0 heterocycles. The maximum absolute atomic E-state index is 5.69. The van der Waals surface area contributed by atoms with Gasteiger partial charge in [-0.2, -0.15) is 0 Å². The highest BCUT2D eigenvalue weighted by atomic mass is 15.1. The van der Waals surface area contributed by atoms with Gasteiger partial charge in [0.1, 0.15) is 0 Å². The molecule has 3 N–H and O–H groups in total. The lowest BCUT2D eigenvalue weighted by Crippen LogP contribution is -2.33. The van der Waals surface area contributed by atoms with Gasteiger partial charge >= 0.3 is 0 Å². The highest BCUT2D eigenvalue weighted by Crippen LogP contribution is 2.06. The standard InChI is InChI=1S/C11H27N3/c1-10(2)11(8-12)9-13-6-5-7-14(3)4/h10-11,13H,5-9,12H2,1-4H3. The van der Waals surface area contributed by atoms with Crippen LogP contribution in [0.3, 0.4) is 0 Å². The largest absolute Gasteiger partial charge is 0.330 e. The average molecular weight is 201 g/mol. The van der Waals surface area contributed by atoms with Gasteiger partial charge in [0.2, 0.25) is 0 Å². The molecule has 0 aromatic heterocycles. The van der Waals surface area contributed by atoms with Crippen LogP contribution in [0.5, 0.6) is 0 Å². The zero-order valence-corrected chi connectivity index (χ0v) is 10.2. The van der Waals surface area contributed by atoms with Crippen molar-refractivity contribution in [1.82, 2.24) is 10.2 Å². The third-order valence-electron chi connectivity index (χ3n) is 2.61. The van der Waals surface area contributed by atoms with Crippen LogP contribution in [0.2, 0.25) is 0 Å². The van der Waals surface area contributed by atoms with Crippen LogP contribution in [0, 0.1) is 11.8 Å².